The zero-order valence-electron chi connectivity index (χ0n) is 14.7. The molecule has 1 aliphatic rings. The molecule has 0 amide bonds. The van der Waals surface area contributed by atoms with Crippen molar-refractivity contribution in [3.63, 3.8) is 0 Å². The van der Waals surface area contributed by atoms with Gasteiger partial charge in [-0.05, 0) is 37.1 Å². The lowest BCUT2D eigenvalue weighted by Gasteiger charge is -2.30. The van der Waals surface area contributed by atoms with Gasteiger partial charge in [-0.25, -0.2) is 0 Å². The number of H-pyrrole nitrogens is 1. The van der Waals surface area contributed by atoms with Crippen molar-refractivity contribution in [1.29, 1.82) is 0 Å². The first-order chi connectivity index (χ1) is 12.1. The molecule has 0 bridgehead atoms. The number of aromatic nitrogens is 1. The van der Waals surface area contributed by atoms with Crippen LogP contribution in [-0.2, 0) is 20.7 Å². The van der Waals surface area contributed by atoms with Crippen LogP contribution >= 0.6 is 0 Å². The van der Waals surface area contributed by atoms with E-state index in [0.29, 0.717) is 26.1 Å². The Morgan fingerprint density at radius 1 is 1.40 bits per heavy atom. The van der Waals surface area contributed by atoms with E-state index >= 15 is 0 Å². The minimum absolute atomic E-state index is 0.00784. The number of rotatable bonds is 6. The average molecular weight is 344 g/mol. The Morgan fingerprint density at radius 2 is 2.24 bits per heavy atom. The number of benzene rings is 1. The first-order valence-corrected chi connectivity index (χ1v) is 8.68. The summed E-state index contributed by atoms with van der Waals surface area (Å²) in [6.45, 7) is 4.01. The molecule has 1 saturated heterocycles. The van der Waals surface area contributed by atoms with Crippen molar-refractivity contribution in [2.45, 2.75) is 19.8 Å². The number of carbonyl (C=O) groups is 2. The normalized spacial score (nSPS) is 18.5. The number of ether oxygens (including phenoxy) is 2. The highest BCUT2D eigenvalue weighted by Crippen LogP contribution is 2.24. The van der Waals surface area contributed by atoms with Crippen molar-refractivity contribution in [3.05, 3.63) is 30.0 Å². The molecule has 6 nitrogen and oxygen atoms in total. The van der Waals surface area contributed by atoms with Gasteiger partial charge >= 0.3 is 5.97 Å². The van der Waals surface area contributed by atoms with Gasteiger partial charge in [0.25, 0.3) is 0 Å². The first-order valence-electron chi connectivity index (χ1n) is 8.68. The quantitative estimate of drug-likeness (QED) is 0.642. The Hall–Kier alpha value is -2.34. The molecule has 3 rings (SSSR count). The number of aromatic amines is 1. The minimum atomic E-state index is -0.642. The molecule has 1 aromatic carbocycles. The number of hydrogen-bond donors (Lipinski definition) is 1. The number of piperidine rings is 1. The van der Waals surface area contributed by atoms with Crippen molar-refractivity contribution in [2.24, 2.45) is 5.92 Å². The number of nitrogens with one attached hydrogen (secondary N) is 1. The monoisotopic (exact) mass is 344 g/mol. The van der Waals surface area contributed by atoms with E-state index in [0.717, 1.165) is 29.6 Å². The van der Waals surface area contributed by atoms with Gasteiger partial charge in [-0.1, -0.05) is 0 Å². The number of fused-ring (bicyclic) bond motifs is 1. The van der Waals surface area contributed by atoms with E-state index in [-0.39, 0.29) is 5.78 Å². The second-order valence-corrected chi connectivity index (χ2v) is 6.30. The van der Waals surface area contributed by atoms with Crippen LogP contribution in [0.5, 0.6) is 5.75 Å². The van der Waals surface area contributed by atoms with Crippen LogP contribution in [0.3, 0.4) is 0 Å². The molecule has 134 valence electrons. The number of Topliss-reactive ketones (excluding diaryl/α,β-unsaturated/α-hetero) is 1. The van der Waals surface area contributed by atoms with Gasteiger partial charge in [-0.2, -0.15) is 0 Å². The molecule has 1 fully saturated rings. The Labute approximate surface area is 147 Å². The number of ketones is 1. The molecule has 1 N–H and O–H groups in total. The van der Waals surface area contributed by atoms with Crippen LogP contribution in [0.25, 0.3) is 10.9 Å². The van der Waals surface area contributed by atoms with Gasteiger partial charge in [-0.3, -0.25) is 9.59 Å². The van der Waals surface area contributed by atoms with Crippen molar-refractivity contribution < 1.29 is 19.1 Å². The number of carbonyl (C=O) groups excluding carboxylic acids is 2. The zero-order valence-corrected chi connectivity index (χ0v) is 14.7. The van der Waals surface area contributed by atoms with E-state index in [1.54, 1.807) is 14.0 Å². The largest absolute Gasteiger partial charge is 0.497 e. The third-order valence-corrected chi connectivity index (χ3v) is 4.75. The van der Waals surface area contributed by atoms with Gasteiger partial charge in [-0.15, -0.1) is 0 Å². The lowest BCUT2D eigenvalue weighted by molar-refractivity contribution is -0.153. The SMILES string of the molecule is CCOC(=O)C1CN(CCc2c[nH]c3ccc(OC)cc23)CCC1=O. The molecule has 1 unspecified atom stereocenters. The Kier molecular flexibility index (Phi) is 5.38. The molecule has 1 aliphatic heterocycles. The first kappa shape index (κ1) is 17.5. The number of methoxy groups -OCH3 is 1. The third-order valence-electron chi connectivity index (χ3n) is 4.75. The second-order valence-electron chi connectivity index (χ2n) is 6.30. The maximum absolute atomic E-state index is 12.0. The summed E-state index contributed by atoms with van der Waals surface area (Å²) in [5, 5.41) is 1.15. The van der Waals surface area contributed by atoms with Gasteiger partial charge in [0.2, 0.25) is 0 Å². The standard InChI is InChI=1S/C19H24N2O4/c1-3-25-19(23)16-12-21(9-7-18(16)22)8-6-13-11-20-17-5-4-14(24-2)10-15(13)17/h4-5,10-11,16,20H,3,6-9,12H2,1-2H3. The number of likely N-dealkylation sites (tertiary alicyclic amines) is 1. The highest BCUT2D eigenvalue weighted by Gasteiger charge is 2.33. The Morgan fingerprint density at radius 3 is 3.00 bits per heavy atom. The number of nitrogens with zero attached hydrogens (tertiary/aromatic N) is 1. The molecular formula is C19H24N2O4. The summed E-state index contributed by atoms with van der Waals surface area (Å²) >= 11 is 0. The minimum Gasteiger partial charge on any atom is -0.497 e. The third kappa shape index (κ3) is 3.85. The average Bonchev–Trinajstić information content (AvgIpc) is 3.03. The fourth-order valence-electron chi connectivity index (χ4n) is 3.32. The van der Waals surface area contributed by atoms with Crippen molar-refractivity contribution >= 4 is 22.7 Å². The molecule has 6 heteroatoms. The maximum Gasteiger partial charge on any atom is 0.317 e. The summed E-state index contributed by atoms with van der Waals surface area (Å²) < 4.78 is 10.3. The smallest absolute Gasteiger partial charge is 0.317 e. The Balaban J connectivity index is 1.65. The summed E-state index contributed by atoms with van der Waals surface area (Å²) in [6, 6.07) is 5.97. The van der Waals surface area contributed by atoms with Crippen LogP contribution in [0.2, 0.25) is 0 Å². The van der Waals surface area contributed by atoms with Gasteiger partial charge in [0.05, 0.1) is 13.7 Å². The van der Waals surface area contributed by atoms with Crippen LogP contribution in [0.15, 0.2) is 24.4 Å². The van der Waals surface area contributed by atoms with E-state index in [9.17, 15) is 9.59 Å². The van der Waals surface area contributed by atoms with Crippen LogP contribution in [0.1, 0.15) is 18.9 Å². The highest BCUT2D eigenvalue weighted by molar-refractivity contribution is 5.99. The predicted octanol–water partition coefficient (Wildman–Crippen LogP) is 2.17. The fourth-order valence-corrected chi connectivity index (χ4v) is 3.32. The zero-order chi connectivity index (χ0) is 17.8. The van der Waals surface area contributed by atoms with E-state index < -0.39 is 11.9 Å². The lowest BCUT2D eigenvalue weighted by atomic mass is 9.96. The van der Waals surface area contributed by atoms with E-state index in [4.69, 9.17) is 9.47 Å². The summed E-state index contributed by atoms with van der Waals surface area (Å²) in [4.78, 5) is 29.4. The van der Waals surface area contributed by atoms with Crippen LogP contribution in [0.4, 0.5) is 0 Å². The molecular weight excluding hydrogens is 320 g/mol. The fraction of sp³-hybridized carbons (Fsp3) is 0.474. The molecule has 25 heavy (non-hydrogen) atoms. The van der Waals surface area contributed by atoms with Gasteiger partial charge in [0.1, 0.15) is 17.5 Å². The maximum atomic E-state index is 12.0. The molecule has 1 aromatic heterocycles. The molecule has 0 spiro atoms. The summed E-state index contributed by atoms with van der Waals surface area (Å²) in [5.74, 6) is -0.211. The molecule has 0 radical (unpaired) electrons. The lowest BCUT2D eigenvalue weighted by Crippen LogP contribution is -2.45. The molecule has 2 heterocycles. The van der Waals surface area contributed by atoms with E-state index in [2.05, 4.69) is 9.88 Å². The predicted molar refractivity (Wildman–Crippen MR) is 94.7 cm³/mol. The summed E-state index contributed by atoms with van der Waals surface area (Å²) in [6.07, 6.45) is 3.27. The van der Waals surface area contributed by atoms with Crippen molar-refractivity contribution in [2.75, 3.05) is 33.4 Å². The van der Waals surface area contributed by atoms with Gasteiger partial charge in [0.15, 0.2) is 0 Å². The topological polar surface area (TPSA) is 71.6 Å². The summed E-state index contributed by atoms with van der Waals surface area (Å²) in [7, 11) is 1.66. The molecule has 0 aliphatic carbocycles. The van der Waals surface area contributed by atoms with Gasteiger partial charge < -0.3 is 19.4 Å². The van der Waals surface area contributed by atoms with Gasteiger partial charge in [0, 0.05) is 43.2 Å². The summed E-state index contributed by atoms with van der Waals surface area (Å²) in [5.41, 5.74) is 2.28. The molecule has 0 saturated carbocycles. The van der Waals surface area contributed by atoms with E-state index in [1.807, 2.05) is 24.4 Å². The number of esters is 1. The van der Waals surface area contributed by atoms with Crippen molar-refractivity contribution in [3.8, 4) is 5.75 Å². The van der Waals surface area contributed by atoms with Crippen molar-refractivity contribution in [1.82, 2.24) is 9.88 Å². The van der Waals surface area contributed by atoms with E-state index in [1.165, 1.54) is 5.56 Å². The molecule has 2 aromatic rings. The van der Waals surface area contributed by atoms with Crippen LogP contribution in [-0.4, -0.2) is 55.0 Å². The highest BCUT2D eigenvalue weighted by atomic mass is 16.5. The Bertz CT molecular complexity index is 768. The van der Waals surface area contributed by atoms with Crippen LogP contribution in [0, 0.1) is 5.92 Å². The number of hydrogen-bond acceptors (Lipinski definition) is 5. The second kappa shape index (κ2) is 7.70. The molecule has 1 atom stereocenters. The van der Waals surface area contributed by atoms with Crippen LogP contribution < -0.4 is 4.74 Å².